The third kappa shape index (κ3) is 5.73. The van der Waals surface area contributed by atoms with Gasteiger partial charge in [-0.05, 0) is 72.9 Å². The number of nitrogens with zero attached hydrogens (tertiary/aromatic N) is 1. The highest BCUT2D eigenvalue weighted by Crippen LogP contribution is 2.38. The molecule has 0 amide bonds. The minimum atomic E-state index is -3.78. The maximum atomic E-state index is 13.0. The van der Waals surface area contributed by atoms with Gasteiger partial charge < -0.3 is 9.66 Å². The largest absolute Gasteiger partial charge is 0.755 e. The van der Waals surface area contributed by atoms with Gasteiger partial charge in [0.2, 0.25) is 9.84 Å². The highest BCUT2D eigenvalue weighted by atomic mass is 32.2. The van der Waals surface area contributed by atoms with Crippen molar-refractivity contribution in [2.45, 2.75) is 28.4 Å². The van der Waals surface area contributed by atoms with E-state index in [0.717, 1.165) is 26.8 Å². The summed E-state index contributed by atoms with van der Waals surface area (Å²) in [6.07, 6.45) is 1.83. The van der Waals surface area contributed by atoms with E-state index in [2.05, 4.69) is 0 Å². The number of para-hydroxylation sites is 1. The van der Waals surface area contributed by atoms with E-state index in [0.29, 0.717) is 24.9 Å². The molecule has 1 heterocycles. The van der Waals surface area contributed by atoms with Crippen molar-refractivity contribution in [2.75, 3.05) is 4.31 Å². The summed E-state index contributed by atoms with van der Waals surface area (Å²) in [4.78, 5) is 11.3. The van der Waals surface area contributed by atoms with Crippen molar-refractivity contribution in [3.8, 4) is 0 Å². The molecule has 10 heteroatoms. The molecular weight excluding hydrogens is 518 g/mol. The number of thiophene rings is 1. The lowest BCUT2D eigenvalue weighted by Gasteiger charge is -2.27. The van der Waals surface area contributed by atoms with Gasteiger partial charge in [0.1, 0.15) is 9.21 Å². The maximum absolute atomic E-state index is 13.0. The lowest BCUT2D eigenvalue weighted by Crippen LogP contribution is -2.20. The van der Waals surface area contributed by atoms with Crippen LogP contribution in [0.5, 0.6) is 0 Å². The highest BCUT2D eigenvalue weighted by Gasteiger charge is 2.23. The number of carboxylic acid groups (broad SMARTS) is 1. The number of hydrogen-bond donors (Lipinski definition) is 1. The summed E-state index contributed by atoms with van der Waals surface area (Å²) >= 11 is -1.80. The number of anilines is 2. The smallest absolute Gasteiger partial charge is 0.335 e. The van der Waals surface area contributed by atoms with Crippen LogP contribution in [0.1, 0.15) is 27.9 Å². The monoisotopic (exact) mass is 540 g/mol. The van der Waals surface area contributed by atoms with Crippen LogP contribution in [0.2, 0.25) is 0 Å². The zero-order valence-electron chi connectivity index (χ0n) is 18.9. The minimum absolute atomic E-state index is 0.0509. The van der Waals surface area contributed by atoms with Crippen molar-refractivity contribution < 1.29 is 27.1 Å². The number of sulfone groups is 1. The third-order valence-electron chi connectivity index (χ3n) is 5.53. The van der Waals surface area contributed by atoms with E-state index >= 15 is 0 Å². The van der Waals surface area contributed by atoms with Gasteiger partial charge in [-0.2, -0.15) is 0 Å². The van der Waals surface area contributed by atoms with Crippen LogP contribution >= 0.6 is 11.3 Å². The standard InChI is InChI=1S/C26H23NO6S3/c28-26(29)21-12-7-9-19(18-21)8-6-11-20-10-4-5-15-23(20)27(35(30)31)24-16-17-25(34-24)36(32,33)22-13-2-1-3-14-22/h1-5,7,9-10,12-18H,6,8,11H2,(H,28,29)(H,30,31)/p-1. The number of rotatable bonds is 10. The number of hydrogen-bond acceptors (Lipinski definition) is 6. The predicted molar refractivity (Wildman–Crippen MR) is 139 cm³/mol. The molecule has 1 aromatic heterocycles. The zero-order chi connectivity index (χ0) is 25.7. The van der Waals surface area contributed by atoms with Crippen LogP contribution in [0.3, 0.4) is 0 Å². The summed E-state index contributed by atoms with van der Waals surface area (Å²) in [5.74, 6) is -0.986. The SMILES string of the molecule is O=C(O)c1cccc(CCCc2ccccc2N(c2ccc(S(=O)(=O)c3ccccc3)s2)S(=O)[O-])c1. The maximum Gasteiger partial charge on any atom is 0.335 e. The number of carboxylic acids is 1. The molecule has 1 N–H and O–H groups in total. The van der Waals surface area contributed by atoms with E-state index in [9.17, 15) is 27.1 Å². The molecule has 7 nitrogen and oxygen atoms in total. The predicted octanol–water partition coefficient (Wildman–Crippen LogP) is 5.39. The number of aromatic carboxylic acids is 1. The Kier molecular flexibility index (Phi) is 8.00. The second-order valence-corrected chi connectivity index (χ2v) is 11.9. The fraction of sp³-hybridized carbons (Fsp3) is 0.115. The Morgan fingerprint density at radius 2 is 1.64 bits per heavy atom. The number of carbonyl (C=O) groups is 1. The lowest BCUT2D eigenvalue weighted by atomic mass is 10.0. The molecule has 0 radical (unpaired) electrons. The van der Waals surface area contributed by atoms with E-state index in [1.54, 1.807) is 42.5 Å². The van der Waals surface area contributed by atoms with Crippen LogP contribution in [0, 0.1) is 0 Å². The molecule has 4 aromatic rings. The summed E-state index contributed by atoms with van der Waals surface area (Å²) in [6.45, 7) is 0. The normalized spacial score (nSPS) is 12.2. The Bertz CT molecular complexity index is 1500. The molecule has 0 bridgehead atoms. The van der Waals surface area contributed by atoms with Gasteiger partial charge in [-0.15, -0.1) is 11.3 Å². The first kappa shape index (κ1) is 25.8. The average Bonchev–Trinajstić information content (AvgIpc) is 3.36. The summed E-state index contributed by atoms with van der Waals surface area (Å²) in [5, 5.41) is 9.45. The second kappa shape index (κ2) is 11.2. The van der Waals surface area contributed by atoms with Crippen LogP contribution in [-0.4, -0.2) is 28.3 Å². The fourth-order valence-electron chi connectivity index (χ4n) is 3.82. The molecular formula is C26H22NO6S3-. The minimum Gasteiger partial charge on any atom is -0.755 e. The molecule has 0 saturated heterocycles. The molecule has 0 saturated carbocycles. The van der Waals surface area contributed by atoms with Crippen molar-refractivity contribution in [2.24, 2.45) is 0 Å². The van der Waals surface area contributed by atoms with Gasteiger partial charge in [0.05, 0.1) is 27.4 Å². The third-order valence-corrected chi connectivity index (χ3v) is 9.67. The van der Waals surface area contributed by atoms with E-state index < -0.39 is 27.1 Å². The average molecular weight is 541 g/mol. The van der Waals surface area contributed by atoms with Gasteiger partial charge >= 0.3 is 5.97 Å². The Labute approximate surface area is 216 Å². The summed E-state index contributed by atoms with van der Waals surface area (Å²) < 4.78 is 51.7. The summed E-state index contributed by atoms with van der Waals surface area (Å²) in [5.41, 5.74) is 2.32. The molecule has 0 aliphatic heterocycles. The van der Waals surface area contributed by atoms with E-state index in [-0.39, 0.29) is 19.7 Å². The van der Waals surface area contributed by atoms with Crippen molar-refractivity contribution >= 4 is 49.1 Å². The van der Waals surface area contributed by atoms with Gasteiger partial charge in [0.25, 0.3) is 0 Å². The molecule has 0 spiro atoms. The molecule has 0 aliphatic carbocycles. The van der Waals surface area contributed by atoms with Crippen molar-refractivity contribution in [3.05, 3.63) is 108 Å². The second-order valence-electron chi connectivity index (χ2n) is 7.91. The van der Waals surface area contributed by atoms with Gasteiger partial charge in [-0.1, -0.05) is 48.5 Å². The summed E-state index contributed by atoms with van der Waals surface area (Å²) in [6, 6.07) is 24.7. The Balaban J connectivity index is 1.58. The molecule has 36 heavy (non-hydrogen) atoms. The van der Waals surface area contributed by atoms with Crippen molar-refractivity contribution in [1.29, 1.82) is 0 Å². The van der Waals surface area contributed by atoms with Gasteiger partial charge in [0, 0.05) is 0 Å². The van der Waals surface area contributed by atoms with E-state index in [1.165, 1.54) is 30.3 Å². The fourth-order valence-corrected chi connectivity index (χ4v) is 7.29. The molecule has 186 valence electrons. The van der Waals surface area contributed by atoms with E-state index in [4.69, 9.17) is 0 Å². The first-order chi connectivity index (χ1) is 17.3. The molecule has 0 fully saturated rings. The molecule has 4 rings (SSSR count). The number of benzene rings is 3. The first-order valence-corrected chi connectivity index (χ1v) is 14.3. The Hall–Kier alpha value is -3.31. The van der Waals surface area contributed by atoms with Gasteiger partial charge in [0.15, 0.2) is 0 Å². The topological polar surface area (TPSA) is 115 Å². The van der Waals surface area contributed by atoms with Crippen LogP contribution in [0.4, 0.5) is 10.7 Å². The van der Waals surface area contributed by atoms with Crippen molar-refractivity contribution in [3.63, 3.8) is 0 Å². The van der Waals surface area contributed by atoms with Crippen LogP contribution in [0.15, 0.2) is 100 Å². The molecule has 3 aromatic carbocycles. The van der Waals surface area contributed by atoms with E-state index in [1.807, 2.05) is 18.2 Å². The lowest BCUT2D eigenvalue weighted by molar-refractivity contribution is 0.0696. The van der Waals surface area contributed by atoms with Crippen LogP contribution < -0.4 is 4.31 Å². The Morgan fingerprint density at radius 1 is 0.917 bits per heavy atom. The Morgan fingerprint density at radius 3 is 2.36 bits per heavy atom. The zero-order valence-corrected chi connectivity index (χ0v) is 21.4. The van der Waals surface area contributed by atoms with Gasteiger partial charge in [-0.3, -0.25) is 8.51 Å². The quantitative estimate of drug-likeness (QED) is 0.270. The van der Waals surface area contributed by atoms with Gasteiger partial charge in [-0.25, -0.2) is 13.2 Å². The molecule has 0 aliphatic rings. The van der Waals surface area contributed by atoms with Crippen LogP contribution in [0.25, 0.3) is 0 Å². The highest BCUT2D eigenvalue weighted by molar-refractivity contribution is 7.93. The number of aryl methyl sites for hydroxylation is 2. The molecule has 1 atom stereocenters. The first-order valence-electron chi connectivity index (χ1n) is 11.0. The van der Waals surface area contributed by atoms with Crippen LogP contribution in [-0.2, 0) is 33.9 Å². The molecule has 1 unspecified atom stereocenters. The van der Waals surface area contributed by atoms with Crippen molar-refractivity contribution in [1.82, 2.24) is 0 Å². The summed E-state index contributed by atoms with van der Waals surface area (Å²) in [7, 11) is -3.78.